The lowest BCUT2D eigenvalue weighted by molar-refractivity contribution is -0.133. The number of amides is 4. The van der Waals surface area contributed by atoms with Crippen molar-refractivity contribution < 1.29 is 23.6 Å². The number of fused-ring (bicyclic) bond motifs is 1. The molecule has 1 N–H and O–H groups in total. The minimum Gasteiger partial charge on any atom is -0.341 e. The first-order valence-electron chi connectivity index (χ1n) is 12.5. The molecule has 2 aromatic carbocycles. The largest absolute Gasteiger partial charge is 0.341 e. The average Bonchev–Trinajstić information content (AvgIpc) is 3.36. The Labute approximate surface area is 237 Å². The lowest BCUT2D eigenvalue weighted by atomic mass is 9.99. The number of imide groups is 1. The van der Waals surface area contributed by atoms with Crippen LogP contribution in [0.4, 0.5) is 14.9 Å². The second kappa shape index (κ2) is 11.4. The molecule has 202 valence electrons. The van der Waals surface area contributed by atoms with E-state index in [9.17, 15) is 23.6 Å². The fourth-order valence-corrected chi connectivity index (χ4v) is 5.89. The van der Waals surface area contributed by atoms with Gasteiger partial charge in [-0.3, -0.25) is 24.1 Å². The maximum absolute atomic E-state index is 13.1. The van der Waals surface area contributed by atoms with Crippen LogP contribution in [0.3, 0.4) is 0 Å². The minimum atomic E-state index is -0.575. The van der Waals surface area contributed by atoms with Crippen molar-refractivity contribution in [3.63, 3.8) is 0 Å². The van der Waals surface area contributed by atoms with Crippen molar-refractivity contribution in [3.8, 4) is 0 Å². The molecule has 0 radical (unpaired) electrons. The van der Waals surface area contributed by atoms with E-state index in [4.69, 9.17) is 0 Å². The van der Waals surface area contributed by atoms with Crippen LogP contribution in [0.2, 0.25) is 0 Å². The third kappa shape index (κ3) is 6.09. The first-order valence-corrected chi connectivity index (χ1v) is 14.2. The second-order valence-electron chi connectivity index (χ2n) is 9.76. The molecular weight excluding hydrogens is 587 g/mol. The number of piperidine rings is 1. The minimum absolute atomic E-state index is 0.0424. The van der Waals surface area contributed by atoms with Crippen LogP contribution in [-0.2, 0) is 20.9 Å². The van der Waals surface area contributed by atoms with Crippen LogP contribution in [0, 0.1) is 11.7 Å². The summed E-state index contributed by atoms with van der Waals surface area (Å²) >= 11 is 4.25. The molecule has 2 fully saturated rings. The lowest BCUT2D eigenvalue weighted by Crippen LogP contribution is -2.39. The van der Waals surface area contributed by atoms with Crippen molar-refractivity contribution in [3.05, 3.63) is 69.4 Å². The number of carbonyl (C=O) groups excluding carboxylic acids is 4. The molecule has 0 aliphatic carbocycles. The number of thioether (sulfide) groups is 1. The van der Waals surface area contributed by atoms with Gasteiger partial charge in [0.25, 0.3) is 11.1 Å². The highest BCUT2D eigenvalue weighted by atomic mass is 79.9. The van der Waals surface area contributed by atoms with E-state index in [1.807, 2.05) is 33.9 Å². The van der Waals surface area contributed by atoms with Gasteiger partial charge in [0.1, 0.15) is 18.9 Å². The average molecular weight is 614 g/mol. The van der Waals surface area contributed by atoms with Crippen LogP contribution >= 0.6 is 27.7 Å². The smallest absolute Gasteiger partial charge is 0.294 e. The summed E-state index contributed by atoms with van der Waals surface area (Å²) < 4.78 is 15.8. The van der Waals surface area contributed by atoms with E-state index in [-0.39, 0.29) is 17.4 Å². The Morgan fingerprint density at radius 2 is 1.82 bits per heavy atom. The number of nitrogens with one attached hydrogen (secondary N) is 1. The second-order valence-corrected chi connectivity index (χ2v) is 11.7. The van der Waals surface area contributed by atoms with Crippen molar-refractivity contribution in [2.24, 2.45) is 5.92 Å². The van der Waals surface area contributed by atoms with Gasteiger partial charge in [-0.05, 0) is 79.1 Å². The number of rotatable bonds is 6. The van der Waals surface area contributed by atoms with Gasteiger partial charge >= 0.3 is 0 Å². The molecule has 0 bridgehead atoms. The standard InChI is InChI=1S/C28H26BrFN4O4S/c1-17-8-10-32(11-9-17)26(36)16-33-14-18(22-13-19(29)2-7-23(22)33)12-24-27(37)34(28(38)39-24)15-25(35)31-21-5-3-20(30)4-6-21/h2-7,12-14,17H,8-11,15-16H2,1H3,(H,31,35)/b24-12-. The maximum atomic E-state index is 13.1. The molecular formula is C28H26BrFN4O4S. The number of likely N-dealkylation sites (tertiary alicyclic amines) is 1. The number of hydrogen-bond donors (Lipinski definition) is 1. The summed E-state index contributed by atoms with van der Waals surface area (Å²) in [5, 5.41) is 2.83. The fraction of sp³-hybridized carbons (Fsp3) is 0.286. The zero-order valence-electron chi connectivity index (χ0n) is 21.2. The highest BCUT2D eigenvalue weighted by Gasteiger charge is 2.36. The monoisotopic (exact) mass is 612 g/mol. The van der Waals surface area contributed by atoms with Crippen LogP contribution in [0.15, 0.2) is 58.0 Å². The fourth-order valence-electron chi connectivity index (χ4n) is 4.70. The van der Waals surface area contributed by atoms with Crippen molar-refractivity contribution in [2.45, 2.75) is 26.3 Å². The Bertz CT molecular complexity index is 1500. The summed E-state index contributed by atoms with van der Waals surface area (Å²) in [5.41, 5.74) is 1.88. The van der Waals surface area contributed by atoms with E-state index >= 15 is 0 Å². The van der Waals surface area contributed by atoms with E-state index in [0.717, 1.165) is 58.0 Å². The molecule has 4 amide bonds. The zero-order valence-corrected chi connectivity index (χ0v) is 23.6. The molecule has 2 saturated heterocycles. The summed E-state index contributed by atoms with van der Waals surface area (Å²) in [4.78, 5) is 54.2. The van der Waals surface area contributed by atoms with Crippen molar-refractivity contribution in [1.29, 1.82) is 0 Å². The number of carbonyl (C=O) groups is 4. The molecule has 8 nitrogen and oxygen atoms in total. The summed E-state index contributed by atoms with van der Waals surface area (Å²) in [6.45, 7) is 3.41. The van der Waals surface area contributed by atoms with Gasteiger partial charge in [0.2, 0.25) is 11.8 Å². The molecule has 0 unspecified atom stereocenters. The summed E-state index contributed by atoms with van der Waals surface area (Å²) in [6.07, 6.45) is 5.43. The Hall–Kier alpha value is -3.44. The van der Waals surface area contributed by atoms with Gasteiger partial charge < -0.3 is 14.8 Å². The molecule has 3 heterocycles. The van der Waals surface area contributed by atoms with Gasteiger partial charge in [-0.1, -0.05) is 22.9 Å². The van der Waals surface area contributed by atoms with Crippen molar-refractivity contribution in [2.75, 3.05) is 25.0 Å². The van der Waals surface area contributed by atoms with Crippen molar-refractivity contribution in [1.82, 2.24) is 14.4 Å². The van der Waals surface area contributed by atoms with Gasteiger partial charge in [-0.15, -0.1) is 0 Å². The molecule has 3 aromatic rings. The van der Waals surface area contributed by atoms with Crippen LogP contribution in [0.25, 0.3) is 17.0 Å². The highest BCUT2D eigenvalue weighted by molar-refractivity contribution is 9.10. The Morgan fingerprint density at radius 3 is 2.54 bits per heavy atom. The molecule has 11 heteroatoms. The van der Waals surface area contributed by atoms with Crippen LogP contribution in [0.1, 0.15) is 25.3 Å². The number of hydrogen-bond acceptors (Lipinski definition) is 5. The number of aromatic nitrogens is 1. The molecule has 0 atom stereocenters. The van der Waals surface area contributed by atoms with E-state index < -0.39 is 29.4 Å². The van der Waals surface area contributed by atoms with Crippen LogP contribution < -0.4 is 5.32 Å². The predicted molar refractivity (Wildman–Crippen MR) is 152 cm³/mol. The molecule has 0 saturated carbocycles. The number of anilines is 1. The molecule has 2 aliphatic heterocycles. The third-order valence-corrected chi connectivity index (χ3v) is 8.31. The zero-order chi connectivity index (χ0) is 27.7. The van der Waals surface area contributed by atoms with Crippen molar-refractivity contribution >= 4 is 73.3 Å². The van der Waals surface area contributed by atoms with Gasteiger partial charge in [-0.25, -0.2) is 4.39 Å². The maximum Gasteiger partial charge on any atom is 0.294 e. The van der Waals surface area contributed by atoms with Gasteiger partial charge in [0, 0.05) is 45.9 Å². The normalized spacial score (nSPS) is 17.5. The van der Waals surface area contributed by atoms with E-state index in [1.165, 1.54) is 24.3 Å². The molecule has 39 heavy (non-hydrogen) atoms. The van der Waals surface area contributed by atoms with Crippen LogP contribution in [0.5, 0.6) is 0 Å². The Morgan fingerprint density at radius 1 is 1.10 bits per heavy atom. The Kier molecular flexibility index (Phi) is 7.90. The number of benzene rings is 2. The molecule has 2 aliphatic rings. The highest BCUT2D eigenvalue weighted by Crippen LogP contribution is 2.35. The predicted octanol–water partition coefficient (Wildman–Crippen LogP) is 5.48. The lowest BCUT2D eigenvalue weighted by Gasteiger charge is -2.30. The summed E-state index contributed by atoms with van der Waals surface area (Å²) in [5.74, 6) is -0.927. The number of halogens is 2. The molecule has 1 aromatic heterocycles. The number of nitrogens with zero attached hydrogens (tertiary/aromatic N) is 3. The molecule has 0 spiro atoms. The quantitative estimate of drug-likeness (QED) is 0.372. The SMILES string of the molecule is CC1CCN(C(=O)Cn2cc(/C=C3\SC(=O)N(CC(=O)Nc4ccc(F)cc4)C3=O)c3cc(Br)ccc32)CC1. The third-order valence-electron chi connectivity index (χ3n) is 6.91. The van der Waals surface area contributed by atoms with Gasteiger partial charge in [-0.2, -0.15) is 0 Å². The molecule has 5 rings (SSSR count). The topological polar surface area (TPSA) is 91.7 Å². The summed E-state index contributed by atoms with van der Waals surface area (Å²) in [6, 6.07) is 10.9. The van der Waals surface area contributed by atoms with E-state index in [0.29, 0.717) is 17.2 Å². The first-order chi connectivity index (χ1) is 18.7. The Balaban J connectivity index is 1.35. The summed E-state index contributed by atoms with van der Waals surface area (Å²) in [7, 11) is 0. The van der Waals surface area contributed by atoms with Gasteiger partial charge in [0.15, 0.2) is 0 Å². The van der Waals surface area contributed by atoms with Gasteiger partial charge in [0.05, 0.1) is 4.91 Å². The van der Waals surface area contributed by atoms with Crippen LogP contribution in [-0.4, -0.2) is 57.0 Å². The van der Waals surface area contributed by atoms with E-state index in [2.05, 4.69) is 28.2 Å². The van der Waals surface area contributed by atoms with E-state index in [1.54, 1.807) is 6.08 Å². The first kappa shape index (κ1) is 27.1.